The molecule has 0 spiro atoms. The quantitative estimate of drug-likeness (QED) is 0.908. The first-order valence-electron chi connectivity index (χ1n) is 7.88. The molecule has 1 aromatic heterocycles. The van der Waals surface area contributed by atoms with Crippen LogP contribution >= 0.6 is 0 Å². The average Bonchev–Trinajstić information content (AvgIpc) is 2.86. The van der Waals surface area contributed by atoms with Gasteiger partial charge in [-0.2, -0.15) is 0 Å². The molecule has 2 aliphatic rings. The summed E-state index contributed by atoms with van der Waals surface area (Å²) in [5.41, 5.74) is 1.06. The molecule has 0 unspecified atom stereocenters. The van der Waals surface area contributed by atoms with Gasteiger partial charge in [-0.3, -0.25) is 9.88 Å². The van der Waals surface area contributed by atoms with E-state index in [9.17, 15) is 4.79 Å². The second-order valence-corrected chi connectivity index (χ2v) is 6.25. The molecule has 0 aliphatic carbocycles. The highest BCUT2D eigenvalue weighted by atomic mass is 16.5. The van der Waals surface area contributed by atoms with Crippen LogP contribution in [0.1, 0.15) is 18.5 Å². The van der Waals surface area contributed by atoms with Gasteiger partial charge >= 0.3 is 6.03 Å². The van der Waals surface area contributed by atoms with Crippen molar-refractivity contribution in [2.45, 2.75) is 37.6 Å². The highest BCUT2D eigenvalue weighted by molar-refractivity contribution is 5.74. The van der Waals surface area contributed by atoms with E-state index in [0.717, 1.165) is 38.2 Å². The van der Waals surface area contributed by atoms with E-state index in [0.29, 0.717) is 6.04 Å². The monoisotopic (exact) mass is 304 g/mol. The third kappa shape index (κ3) is 3.23. The van der Waals surface area contributed by atoms with Gasteiger partial charge in [0.15, 0.2) is 0 Å². The first-order valence-corrected chi connectivity index (χ1v) is 7.88. The van der Waals surface area contributed by atoms with Gasteiger partial charge in [-0.05, 0) is 25.0 Å². The van der Waals surface area contributed by atoms with Gasteiger partial charge in [-0.25, -0.2) is 4.79 Å². The number of ether oxygens (including phenoxy) is 1. The lowest BCUT2D eigenvalue weighted by molar-refractivity contribution is -0.0209. The Morgan fingerprint density at radius 3 is 3.09 bits per heavy atom. The fourth-order valence-electron chi connectivity index (χ4n) is 3.35. The Bertz CT molecular complexity index is 508. The van der Waals surface area contributed by atoms with Crippen molar-refractivity contribution in [1.29, 1.82) is 0 Å². The number of carbonyl (C=O) groups is 1. The number of hydrogen-bond acceptors (Lipinski definition) is 4. The molecule has 2 amide bonds. The number of pyridine rings is 1. The smallest absolute Gasteiger partial charge is 0.317 e. The van der Waals surface area contributed by atoms with Crippen molar-refractivity contribution >= 4 is 6.03 Å². The normalized spacial score (nSPS) is 28.2. The van der Waals surface area contributed by atoms with Gasteiger partial charge in [0.2, 0.25) is 0 Å². The summed E-state index contributed by atoms with van der Waals surface area (Å²) in [6.07, 6.45) is 4.10. The van der Waals surface area contributed by atoms with E-state index < -0.39 is 0 Å². The topological polar surface area (TPSA) is 57.7 Å². The molecular formula is C16H24N4O2. The van der Waals surface area contributed by atoms with Crippen LogP contribution in [0.2, 0.25) is 0 Å². The molecule has 3 heterocycles. The van der Waals surface area contributed by atoms with Crippen LogP contribution in [0.5, 0.6) is 0 Å². The lowest BCUT2D eigenvalue weighted by atomic mass is 10.0. The maximum atomic E-state index is 12.0. The van der Waals surface area contributed by atoms with Crippen molar-refractivity contribution < 1.29 is 9.53 Å². The van der Waals surface area contributed by atoms with Gasteiger partial charge < -0.3 is 15.0 Å². The van der Waals surface area contributed by atoms with Crippen molar-refractivity contribution in [2.75, 3.05) is 27.2 Å². The van der Waals surface area contributed by atoms with E-state index in [1.54, 1.807) is 19.0 Å². The summed E-state index contributed by atoms with van der Waals surface area (Å²) in [6.45, 7) is 2.40. The molecule has 0 aromatic carbocycles. The summed E-state index contributed by atoms with van der Waals surface area (Å²) >= 11 is 0. The molecule has 6 heteroatoms. The molecule has 1 aromatic rings. The van der Waals surface area contributed by atoms with E-state index in [1.807, 2.05) is 24.4 Å². The number of likely N-dealkylation sites (tertiary alicyclic amines) is 1. The Morgan fingerprint density at radius 2 is 2.36 bits per heavy atom. The van der Waals surface area contributed by atoms with Gasteiger partial charge in [-0.1, -0.05) is 6.07 Å². The number of aromatic nitrogens is 1. The summed E-state index contributed by atoms with van der Waals surface area (Å²) in [6, 6.07) is 6.34. The lowest BCUT2D eigenvalue weighted by Crippen LogP contribution is -2.50. The van der Waals surface area contributed by atoms with E-state index in [-0.39, 0.29) is 18.2 Å². The zero-order chi connectivity index (χ0) is 15.5. The van der Waals surface area contributed by atoms with Crippen molar-refractivity contribution in [3.05, 3.63) is 30.1 Å². The van der Waals surface area contributed by atoms with Crippen LogP contribution in [-0.2, 0) is 11.3 Å². The van der Waals surface area contributed by atoms with E-state index in [2.05, 4.69) is 15.2 Å². The second-order valence-electron chi connectivity index (χ2n) is 6.25. The van der Waals surface area contributed by atoms with Crippen molar-refractivity contribution in [2.24, 2.45) is 0 Å². The second kappa shape index (κ2) is 6.62. The van der Waals surface area contributed by atoms with Crippen LogP contribution in [0.3, 0.4) is 0 Å². The molecular weight excluding hydrogens is 280 g/mol. The summed E-state index contributed by atoms with van der Waals surface area (Å²) in [5.74, 6) is 0. The predicted molar refractivity (Wildman–Crippen MR) is 83.4 cm³/mol. The number of hydrogen-bond donors (Lipinski definition) is 1. The van der Waals surface area contributed by atoms with Crippen LogP contribution < -0.4 is 5.32 Å². The molecule has 3 rings (SSSR count). The molecule has 2 saturated heterocycles. The third-order valence-electron chi connectivity index (χ3n) is 4.44. The van der Waals surface area contributed by atoms with Crippen LogP contribution in [0, 0.1) is 0 Å². The number of carbonyl (C=O) groups excluding carboxylic acids is 1. The van der Waals surface area contributed by atoms with Crippen LogP contribution in [0.4, 0.5) is 4.79 Å². The number of amides is 2. The van der Waals surface area contributed by atoms with Gasteiger partial charge in [-0.15, -0.1) is 0 Å². The molecule has 2 aliphatic heterocycles. The Hall–Kier alpha value is -1.66. The fourth-order valence-corrected chi connectivity index (χ4v) is 3.35. The largest absolute Gasteiger partial charge is 0.374 e. The van der Waals surface area contributed by atoms with Crippen LogP contribution in [0.15, 0.2) is 24.4 Å². The number of nitrogens with one attached hydrogen (secondary N) is 1. The van der Waals surface area contributed by atoms with Crippen LogP contribution in [-0.4, -0.2) is 66.2 Å². The predicted octanol–water partition coefficient (Wildman–Crippen LogP) is 1.08. The van der Waals surface area contributed by atoms with Crippen LogP contribution in [0.25, 0.3) is 0 Å². The van der Waals surface area contributed by atoms with E-state index >= 15 is 0 Å². The summed E-state index contributed by atoms with van der Waals surface area (Å²) in [7, 11) is 3.52. The molecule has 2 fully saturated rings. The summed E-state index contributed by atoms with van der Waals surface area (Å²) in [4.78, 5) is 20.3. The maximum absolute atomic E-state index is 12.0. The molecule has 0 bridgehead atoms. The highest BCUT2D eigenvalue weighted by Gasteiger charge is 2.44. The third-order valence-corrected chi connectivity index (χ3v) is 4.44. The van der Waals surface area contributed by atoms with E-state index in [4.69, 9.17) is 4.74 Å². The minimum atomic E-state index is -0.0578. The zero-order valence-electron chi connectivity index (χ0n) is 13.2. The molecule has 0 saturated carbocycles. The first kappa shape index (κ1) is 15.2. The van der Waals surface area contributed by atoms with Gasteiger partial charge in [0.05, 0.1) is 17.8 Å². The Balaban J connectivity index is 1.70. The molecule has 1 N–H and O–H groups in total. The highest BCUT2D eigenvalue weighted by Crippen LogP contribution is 2.30. The molecule has 22 heavy (non-hydrogen) atoms. The fraction of sp³-hybridized carbons (Fsp3) is 0.625. The Morgan fingerprint density at radius 1 is 1.50 bits per heavy atom. The SMILES string of the molecule is CN(C)C(=O)N[C@@H]1CN(Cc2ccccn2)[C@@H]2CCCO[C@@H]21. The van der Waals surface area contributed by atoms with Crippen molar-refractivity contribution in [3.8, 4) is 0 Å². The molecule has 3 atom stereocenters. The Labute approximate surface area is 131 Å². The number of nitrogens with zero attached hydrogens (tertiary/aromatic N) is 3. The zero-order valence-corrected chi connectivity index (χ0v) is 13.2. The Kier molecular flexibility index (Phi) is 4.59. The average molecular weight is 304 g/mol. The number of fused-ring (bicyclic) bond motifs is 1. The van der Waals surface area contributed by atoms with Crippen molar-refractivity contribution in [1.82, 2.24) is 20.1 Å². The summed E-state index contributed by atoms with van der Waals surface area (Å²) in [5, 5.41) is 3.09. The standard InChI is InChI=1S/C16H24N4O2/c1-19(2)16(21)18-13-11-20(10-12-6-3-4-8-17-12)14-7-5-9-22-15(13)14/h3-4,6,8,13-15H,5,7,9-11H2,1-2H3,(H,18,21)/t13-,14-,15-/m1/s1. The summed E-state index contributed by atoms with van der Waals surface area (Å²) < 4.78 is 5.97. The number of urea groups is 1. The minimum Gasteiger partial charge on any atom is -0.374 e. The lowest BCUT2D eigenvalue weighted by Gasteiger charge is -2.32. The maximum Gasteiger partial charge on any atom is 0.317 e. The van der Waals surface area contributed by atoms with Gasteiger partial charge in [0, 0.05) is 46.0 Å². The number of rotatable bonds is 3. The van der Waals surface area contributed by atoms with Gasteiger partial charge in [0.1, 0.15) is 0 Å². The minimum absolute atomic E-state index is 0.0453. The van der Waals surface area contributed by atoms with Gasteiger partial charge in [0.25, 0.3) is 0 Å². The molecule has 6 nitrogen and oxygen atoms in total. The van der Waals surface area contributed by atoms with E-state index in [1.165, 1.54) is 0 Å². The van der Waals surface area contributed by atoms with Crippen molar-refractivity contribution in [3.63, 3.8) is 0 Å². The molecule has 0 radical (unpaired) electrons. The first-order chi connectivity index (χ1) is 10.6. The molecule has 120 valence electrons.